The zero-order valence-corrected chi connectivity index (χ0v) is 21.2. The minimum atomic E-state index is -0.287. The highest BCUT2D eigenvalue weighted by Crippen LogP contribution is 2.31. The van der Waals surface area contributed by atoms with E-state index in [9.17, 15) is 9.59 Å². The van der Waals surface area contributed by atoms with Gasteiger partial charge in [0.1, 0.15) is 29.6 Å². The number of methoxy groups -OCH3 is 1. The molecule has 0 spiro atoms. The van der Waals surface area contributed by atoms with E-state index >= 15 is 0 Å². The second-order valence-electron chi connectivity index (χ2n) is 8.38. The van der Waals surface area contributed by atoms with Crippen molar-refractivity contribution in [3.63, 3.8) is 0 Å². The Bertz CT molecular complexity index is 1210. The van der Waals surface area contributed by atoms with Crippen molar-refractivity contribution in [2.45, 2.75) is 33.8 Å². The fraction of sp³-hybridized carbons (Fsp3) is 0.267. The molecule has 0 heterocycles. The first-order chi connectivity index (χ1) is 17.4. The molecule has 0 radical (unpaired) electrons. The van der Waals surface area contributed by atoms with Gasteiger partial charge >= 0.3 is 0 Å². The molecular formula is C30H32O6. The van der Waals surface area contributed by atoms with Crippen LogP contribution in [0, 0.1) is 0 Å². The van der Waals surface area contributed by atoms with Crippen molar-refractivity contribution in [3.8, 4) is 23.0 Å². The smallest absolute Gasteiger partial charge is 0.203 e. The van der Waals surface area contributed by atoms with Crippen molar-refractivity contribution in [1.82, 2.24) is 0 Å². The lowest BCUT2D eigenvalue weighted by molar-refractivity contribution is 0.0913. The first-order valence-electron chi connectivity index (χ1n) is 11.8. The van der Waals surface area contributed by atoms with E-state index in [0.717, 1.165) is 23.0 Å². The molecule has 3 aromatic carbocycles. The van der Waals surface area contributed by atoms with Crippen LogP contribution in [-0.4, -0.2) is 32.4 Å². The molecule has 0 saturated heterocycles. The Hall–Kier alpha value is -4.06. The van der Waals surface area contributed by atoms with Gasteiger partial charge in [0.15, 0.2) is 12.9 Å². The third-order valence-electron chi connectivity index (χ3n) is 5.43. The van der Waals surface area contributed by atoms with Gasteiger partial charge in [0.05, 0.1) is 24.8 Å². The van der Waals surface area contributed by atoms with E-state index in [1.54, 1.807) is 37.4 Å². The molecule has 0 amide bonds. The summed E-state index contributed by atoms with van der Waals surface area (Å²) in [6, 6.07) is 18.2. The number of aldehydes is 1. The van der Waals surface area contributed by atoms with Gasteiger partial charge < -0.3 is 18.9 Å². The van der Waals surface area contributed by atoms with E-state index in [0.29, 0.717) is 48.0 Å². The van der Waals surface area contributed by atoms with Crippen molar-refractivity contribution >= 4 is 12.1 Å². The van der Waals surface area contributed by atoms with Gasteiger partial charge in [0.2, 0.25) is 5.78 Å². The molecule has 0 N–H and O–H groups in total. The summed E-state index contributed by atoms with van der Waals surface area (Å²) in [5, 5.41) is 0. The summed E-state index contributed by atoms with van der Waals surface area (Å²) in [4.78, 5) is 24.9. The molecule has 3 rings (SSSR count). The van der Waals surface area contributed by atoms with Crippen LogP contribution in [0.25, 0.3) is 0 Å². The largest absolute Gasteiger partial charge is 0.496 e. The monoisotopic (exact) mass is 488 g/mol. The Kier molecular flexibility index (Phi) is 9.69. The number of allylic oxidation sites excluding steroid dienone is 2. The number of ketones is 1. The first-order valence-corrected chi connectivity index (χ1v) is 11.8. The van der Waals surface area contributed by atoms with Gasteiger partial charge in [-0.25, -0.2) is 0 Å². The van der Waals surface area contributed by atoms with E-state index in [4.69, 9.17) is 18.9 Å². The third kappa shape index (κ3) is 7.22. The van der Waals surface area contributed by atoms with Gasteiger partial charge in [-0.2, -0.15) is 0 Å². The molecule has 0 fully saturated rings. The van der Waals surface area contributed by atoms with Gasteiger partial charge in [-0.3, -0.25) is 9.59 Å². The Morgan fingerprint density at radius 2 is 1.67 bits per heavy atom. The van der Waals surface area contributed by atoms with Gasteiger partial charge in [-0.1, -0.05) is 42.0 Å². The minimum Gasteiger partial charge on any atom is -0.496 e. The predicted octanol–water partition coefficient (Wildman–Crippen LogP) is 6.26. The van der Waals surface area contributed by atoms with Crippen LogP contribution in [-0.2, 0) is 13.0 Å². The van der Waals surface area contributed by atoms with Gasteiger partial charge in [0, 0.05) is 12.1 Å². The highest BCUT2D eigenvalue weighted by atomic mass is 16.5. The lowest BCUT2D eigenvalue weighted by Crippen LogP contribution is -2.14. The van der Waals surface area contributed by atoms with E-state index in [1.807, 2.05) is 51.1 Å². The van der Waals surface area contributed by atoms with E-state index < -0.39 is 0 Å². The molecule has 3 aromatic rings. The highest BCUT2D eigenvalue weighted by molar-refractivity contribution is 6.00. The lowest BCUT2D eigenvalue weighted by Gasteiger charge is -2.15. The number of benzene rings is 3. The summed E-state index contributed by atoms with van der Waals surface area (Å²) >= 11 is 0. The fourth-order valence-corrected chi connectivity index (χ4v) is 3.57. The van der Waals surface area contributed by atoms with E-state index in [2.05, 4.69) is 6.08 Å². The molecule has 6 nitrogen and oxygen atoms in total. The second kappa shape index (κ2) is 13.1. The summed E-state index contributed by atoms with van der Waals surface area (Å²) in [6.07, 6.45) is 3.40. The van der Waals surface area contributed by atoms with Gasteiger partial charge in [0.25, 0.3) is 0 Å². The maximum absolute atomic E-state index is 13.1. The normalized spacial score (nSPS) is 10.3. The van der Waals surface area contributed by atoms with Crippen LogP contribution < -0.4 is 18.9 Å². The quantitative estimate of drug-likeness (QED) is 0.161. The zero-order valence-electron chi connectivity index (χ0n) is 21.2. The molecule has 0 bridgehead atoms. The number of Topliss-reactive ketones (excluding diaryl/α,β-unsaturated/α-hetero) is 1. The average Bonchev–Trinajstić information content (AvgIpc) is 2.90. The number of ether oxygens (including phenoxy) is 4. The molecule has 0 atom stereocenters. The topological polar surface area (TPSA) is 71.1 Å². The SMILES string of the molecule is CCOc1ccc(C(=O)COc2cc(OC)c(CC=C(C)C)cc2C=O)c(OCc2ccccc2)c1. The van der Waals surface area contributed by atoms with Crippen LogP contribution in [0.1, 0.15) is 52.6 Å². The summed E-state index contributed by atoms with van der Waals surface area (Å²) in [5.74, 6) is 1.61. The lowest BCUT2D eigenvalue weighted by atomic mass is 10.0. The van der Waals surface area contributed by atoms with Crippen molar-refractivity contribution in [1.29, 1.82) is 0 Å². The standard InChI is InChI=1S/C30H32O6/c1-5-34-25-13-14-26(30(16-25)35-19-22-9-7-6-8-10-22)27(32)20-36-29-17-28(33-4)23(12-11-21(2)3)15-24(29)18-31/h6-11,13-18H,5,12,19-20H2,1-4H3. The van der Waals surface area contributed by atoms with Crippen LogP contribution in [0.4, 0.5) is 0 Å². The molecular weight excluding hydrogens is 456 g/mol. The van der Waals surface area contributed by atoms with Crippen LogP contribution in [0.15, 0.2) is 72.3 Å². The minimum absolute atomic E-state index is 0.271. The maximum Gasteiger partial charge on any atom is 0.203 e. The number of rotatable bonds is 13. The Morgan fingerprint density at radius 3 is 2.33 bits per heavy atom. The van der Waals surface area contributed by atoms with Crippen LogP contribution in [0.3, 0.4) is 0 Å². The van der Waals surface area contributed by atoms with Crippen molar-refractivity contribution < 1.29 is 28.5 Å². The number of carbonyl (C=O) groups is 2. The molecule has 0 saturated carbocycles. The van der Waals surface area contributed by atoms with Crippen molar-refractivity contribution in [3.05, 3.63) is 94.6 Å². The Morgan fingerprint density at radius 1 is 0.889 bits per heavy atom. The molecule has 0 aromatic heterocycles. The van der Waals surface area contributed by atoms with Gasteiger partial charge in [-0.15, -0.1) is 0 Å². The Balaban J connectivity index is 1.80. The zero-order chi connectivity index (χ0) is 25.9. The predicted molar refractivity (Wildman–Crippen MR) is 140 cm³/mol. The summed E-state index contributed by atoms with van der Waals surface area (Å²) in [7, 11) is 1.56. The van der Waals surface area contributed by atoms with Crippen molar-refractivity contribution in [2.24, 2.45) is 0 Å². The van der Waals surface area contributed by atoms with Crippen LogP contribution in [0.2, 0.25) is 0 Å². The van der Waals surface area contributed by atoms with Crippen molar-refractivity contribution in [2.75, 3.05) is 20.3 Å². The molecule has 0 aliphatic carbocycles. The molecule has 0 aliphatic rings. The summed E-state index contributed by atoms with van der Waals surface area (Å²) in [5.41, 5.74) is 3.73. The maximum atomic E-state index is 13.1. The Labute approximate surface area is 212 Å². The summed E-state index contributed by atoms with van der Waals surface area (Å²) < 4.78 is 22.9. The number of carbonyl (C=O) groups excluding carboxylic acids is 2. The average molecular weight is 489 g/mol. The van der Waals surface area contributed by atoms with Gasteiger partial charge in [-0.05, 0) is 56.5 Å². The van der Waals surface area contributed by atoms with E-state index in [1.165, 1.54) is 0 Å². The molecule has 188 valence electrons. The molecule has 6 heteroatoms. The molecule has 0 unspecified atom stereocenters. The van der Waals surface area contributed by atoms with Crippen LogP contribution >= 0.6 is 0 Å². The molecule has 36 heavy (non-hydrogen) atoms. The van der Waals surface area contributed by atoms with E-state index in [-0.39, 0.29) is 18.1 Å². The third-order valence-corrected chi connectivity index (χ3v) is 5.43. The highest BCUT2D eigenvalue weighted by Gasteiger charge is 2.17. The molecule has 0 aliphatic heterocycles. The number of hydrogen-bond donors (Lipinski definition) is 0. The van der Waals surface area contributed by atoms with Crippen LogP contribution in [0.5, 0.6) is 23.0 Å². The first kappa shape index (κ1) is 26.5. The number of hydrogen-bond acceptors (Lipinski definition) is 6. The summed E-state index contributed by atoms with van der Waals surface area (Å²) in [6.45, 7) is 6.43. The second-order valence-corrected chi connectivity index (χ2v) is 8.38. The fourth-order valence-electron chi connectivity index (χ4n) is 3.57.